The number of furan rings is 1. The Morgan fingerprint density at radius 2 is 2.11 bits per heavy atom. The normalized spacial score (nSPS) is 13.4. The van der Waals surface area contributed by atoms with Crippen molar-refractivity contribution in [2.24, 2.45) is 0 Å². The maximum Gasteiger partial charge on any atom is 0.341 e. The summed E-state index contributed by atoms with van der Waals surface area (Å²) in [4.78, 5) is 39.3. The van der Waals surface area contributed by atoms with Crippen LogP contribution in [0.1, 0.15) is 32.2 Å². The number of benzene rings is 1. The van der Waals surface area contributed by atoms with E-state index in [4.69, 9.17) is 9.15 Å². The van der Waals surface area contributed by atoms with Crippen LogP contribution in [-0.2, 0) is 11.3 Å². The highest BCUT2D eigenvalue weighted by atomic mass is 16.5. The van der Waals surface area contributed by atoms with Crippen LogP contribution in [0, 0.1) is 6.92 Å². The number of urea groups is 1. The van der Waals surface area contributed by atoms with Crippen LogP contribution in [0.3, 0.4) is 0 Å². The number of hydrogen-bond acceptors (Lipinski definition) is 5. The molecule has 8 nitrogen and oxygen atoms in total. The van der Waals surface area contributed by atoms with Crippen LogP contribution >= 0.6 is 0 Å². The van der Waals surface area contributed by atoms with E-state index in [0.29, 0.717) is 41.4 Å². The van der Waals surface area contributed by atoms with Crippen molar-refractivity contribution in [3.63, 3.8) is 0 Å². The number of carbonyl (C=O) groups is 3. The van der Waals surface area contributed by atoms with Gasteiger partial charge in [0.2, 0.25) is 0 Å². The first-order valence-electron chi connectivity index (χ1n) is 8.49. The number of hydrogen-bond donors (Lipinski definition) is 1. The van der Waals surface area contributed by atoms with Crippen molar-refractivity contribution < 1.29 is 23.5 Å². The summed E-state index contributed by atoms with van der Waals surface area (Å²) in [5, 5.41) is 2.74. The zero-order valence-electron chi connectivity index (χ0n) is 15.4. The van der Waals surface area contributed by atoms with Crippen LogP contribution < -0.4 is 10.2 Å². The van der Waals surface area contributed by atoms with Gasteiger partial charge in [-0.05, 0) is 31.2 Å². The van der Waals surface area contributed by atoms with Gasteiger partial charge in [-0.2, -0.15) is 0 Å². The Balaban J connectivity index is 1.74. The molecule has 0 radical (unpaired) electrons. The fraction of sp³-hybridized carbons (Fsp3) is 0.316. The molecule has 27 heavy (non-hydrogen) atoms. The molecular weight excluding hydrogens is 350 g/mol. The van der Waals surface area contributed by atoms with Gasteiger partial charge in [0.15, 0.2) is 0 Å². The molecule has 0 unspecified atom stereocenters. The van der Waals surface area contributed by atoms with Crippen LogP contribution in [0.25, 0.3) is 0 Å². The van der Waals surface area contributed by atoms with Crippen LogP contribution in [-0.4, -0.2) is 50.1 Å². The Morgan fingerprint density at radius 1 is 1.33 bits per heavy atom. The molecule has 3 amide bonds. The molecule has 1 aliphatic rings. The van der Waals surface area contributed by atoms with Crippen molar-refractivity contribution in [2.75, 3.05) is 32.1 Å². The number of nitrogens with one attached hydrogen (secondary N) is 1. The minimum atomic E-state index is -0.479. The third-order valence-corrected chi connectivity index (χ3v) is 4.38. The predicted octanol–water partition coefficient (Wildman–Crippen LogP) is 2.18. The van der Waals surface area contributed by atoms with E-state index >= 15 is 0 Å². The number of esters is 1. The van der Waals surface area contributed by atoms with Crippen molar-refractivity contribution in [1.82, 2.24) is 10.2 Å². The fourth-order valence-electron chi connectivity index (χ4n) is 2.98. The SMILES string of the molecule is COC(=O)c1cc(CN(C)C(=O)c2cccc(N3CCNC3=O)c2)oc1C. The van der Waals surface area contributed by atoms with Gasteiger partial charge in [-0.15, -0.1) is 0 Å². The van der Waals surface area contributed by atoms with E-state index in [9.17, 15) is 14.4 Å². The van der Waals surface area contributed by atoms with Crippen molar-refractivity contribution in [3.8, 4) is 0 Å². The molecule has 0 spiro atoms. The highest BCUT2D eigenvalue weighted by Gasteiger charge is 2.23. The van der Waals surface area contributed by atoms with Gasteiger partial charge < -0.3 is 19.4 Å². The first kappa shape index (κ1) is 18.5. The number of nitrogens with zero attached hydrogens (tertiary/aromatic N) is 2. The minimum absolute atomic E-state index is 0.172. The Morgan fingerprint density at radius 3 is 2.78 bits per heavy atom. The molecule has 1 saturated heterocycles. The van der Waals surface area contributed by atoms with Gasteiger partial charge in [-0.3, -0.25) is 9.69 Å². The molecule has 142 valence electrons. The summed E-state index contributed by atoms with van der Waals surface area (Å²) in [6.07, 6.45) is 0. The molecule has 1 fully saturated rings. The van der Waals surface area contributed by atoms with Crippen molar-refractivity contribution >= 4 is 23.6 Å². The summed E-state index contributed by atoms with van der Waals surface area (Å²) in [7, 11) is 2.95. The van der Waals surface area contributed by atoms with E-state index < -0.39 is 5.97 Å². The first-order valence-corrected chi connectivity index (χ1v) is 8.49. The average Bonchev–Trinajstić information content (AvgIpc) is 3.25. The number of anilines is 1. The van der Waals surface area contributed by atoms with Crippen LogP contribution in [0.2, 0.25) is 0 Å². The Bertz CT molecular complexity index is 889. The van der Waals surface area contributed by atoms with Crippen LogP contribution in [0.4, 0.5) is 10.5 Å². The number of aryl methyl sites for hydroxylation is 1. The number of rotatable bonds is 5. The van der Waals surface area contributed by atoms with Crippen molar-refractivity contribution in [1.29, 1.82) is 0 Å². The molecule has 3 rings (SSSR count). The fourth-order valence-corrected chi connectivity index (χ4v) is 2.98. The second kappa shape index (κ2) is 7.53. The molecule has 1 aromatic heterocycles. The zero-order chi connectivity index (χ0) is 19.6. The lowest BCUT2D eigenvalue weighted by molar-refractivity contribution is 0.0598. The molecule has 0 atom stereocenters. The molecule has 2 heterocycles. The molecule has 1 N–H and O–H groups in total. The highest BCUT2D eigenvalue weighted by Crippen LogP contribution is 2.21. The maximum atomic E-state index is 12.8. The molecule has 0 aliphatic carbocycles. The second-order valence-electron chi connectivity index (χ2n) is 6.27. The summed E-state index contributed by atoms with van der Waals surface area (Å²) < 4.78 is 10.3. The maximum absolute atomic E-state index is 12.8. The Kier molecular flexibility index (Phi) is 5.16. The zero-order valence-corrected chi connectivity index (χ0v) is 15.4. The summed E-state index contributed by atoms with van der Waals surface area (Å²) in [6, 6.07) is 8.33. The number of amides is 3. The van der Waals surface area contributed by atoms with Gasteiger partial charge in [-0.25, -0.2) is 9.59 Å². The van der Waals surface area contributed by atoms with Crippen LogP contribution in [0.15, 0.2) is 34.7 Å². The number of ether oxygens (including phenoxy) is 1. The van der Waals surface area contributed by atoms with Gasteiger partial charge >= 0.3 is 12.0 Å². The summed E-state index contributed by atoms with van der Waals surface area (Å²) in [6.45, 7) is 3.01. The quantitative estimate of drug-likeness (QED) is 0.814. The summed E-state index contributed by atoms with van der Waals surface area (Å²) in [5.74, 6) is 0.233. The number of carbonyl (C=O) groups excluding carboxylic acids is 3. The molecule has 1 aliphatic heterocycles. The average molecular weight is 371 g/mol. The van der Waals surface area contributed by atoms with Gasteiger partial charge in [-0.1, -0.05) is 6.07 Å². The molecule has 8 heteroatoms. The lowest BCUT2D eigenvalue weighted by Crippen LogP contribution is -2.29. The largest absolute Gasteiger partial charge is 0.465 e. The van der Waals surface area contributed by atoms with Gasteiger partial charge in [0.05, 0.1) is 13.7 Å². The van der Waals surface area contributed by atoms with E-state index in [1.807, 2.05) is 0 Å². The standard InChI is InChI=1S/C19H21N3O5/c1-12-16(18(24)26-3)10-15(27-12)11-21(2)17(23)13-5-4-6-14(9-13)22-8-7-20-19(22)25/h4-6,9-10H,7-8,11H2,1-3H3,(H,20,25). The second-order valence-corrected chi connectivity index (χ2v) is 6.27. The van der Waals surface area contributed by atoms with Crippen molar-refractivity contribution in [3.05, 3.63) is 53.0 Å². The van der Waals surface area contributed by atoms with Gasteiger partial charge in [0, 0.05) is 31.4 Å². The van der Waals surface area contributed by atoms with Gasteiger partial charge in [0.25, 0.3) is 5.91 Å². The molecule has 0 saturated carbocycles. The minimum Gasteiger partial charge on any atom is -0.465 e. The first-order chi connectivity index (χ1) is 12.9. The van der Waals surface area contributed by atoms with Crippen LogP contribution in [0.5, 0.6) is 0 Å². The monoisotopic (exact) mass is 371 g/mol. The Labute approximate surface area is 156 Å². The molecule has 0 bridgehead atoms. The van der Waals surface area contributed by atoms with Crippen molar-refractivity contribution in [2.45, 2.75) is 13.5 Å². The summed E-state index contributed by atoms with van der Waals surface area (Å²) in [5.41, 5.74) is 1.48. The smallest absolute Gasteiger partial charge is 0.341 e. The predicted molar refractivity (Wildman–Crippen MR) is 97.8 cm³/mol. The van der Waals surface area contributed by atoms with E-state index in [1.165, 1.54) is 12.0 Å². The molecule has 2 aromatic rings. The lowest BCUT2D eigenvalue weighted by atomic mass is 10.1. The molecule has 1 aromatic carbocycles. The lowest BCUT2D eigenvalue weighted by Gasteiger charge is -2.18. The topological polar surface area (TPSA) is 92.1 Å². The molecular formula is C19H21N3O5. The van der Waals surface area contributed by atoms with E-state index in [0.717, 1.165) is 0 Å². The third kappa shape index (κ3) is 3.79. The van der Waals surface area contributed by atoms with E-state index in [-0.39, 0.29) is 18.5 Å². The third-order valence-electron chi connectivity index (χ3n) is 4.38. The van der Waals surface area contributed by atoms with E-state index in [1.54, 1.807) is 49.2 Å². The Hall–Kier alpha value is -3.29. The van der Waals surface area contributed by atoms with E-state index in [2.05, 4.69) is 5.32 Å². The highest BCUT2D eigenvalue weighted by molar-refractivity contribution is 5.98. The number of methoxy groups -OCH3 is 1. The van der Waals surface area contributed by atoms with Gasteiger partial charge in [0.1, 0.15) is 17.1 Å². The summed E-state index contributed by atoms with van der Waals surface area (Å²) >= 11 is 0.